The van der Waals surface area contributed by atoms with Gasteiger partial charge in [0.1, 0.15) is 0 Å². The first-order valence-electron chi connectivity index (χ1n) is 6.91. The summed E-state index contributed by atoms with van der Waals surface area (Å²) < 4.78 is 0. The van der Waals surface area contributed by atoms with Gasteiger partial charge in [0.25, 0.3) is 0 Å². The maximum atomic E-state index is 11.9. The molecule has 1 fully saturated rings. The summed E-state index contributed by atoms with van der Waals surface area (Å²) in [5.74, 6) is 0.223. The highest BCUT2D eigenvalue weighted by Gasteiger charge is 2.17. The number of carbonyl (C=O) groups excluding carboxylic acids is 1. The maximum Gasteiger partial charge on any atom is 0.236 e. The van der Waals surface area contributed by atoms with Crippen LogP contribution in [0.4, 0.5) is 0 Å². The number of nitrogens with one attached hydrogen (secondary N) is 1. The van der Waals surface area contributed by atoms with E-state index in [2.05, 4.69) is 12.2 Å². The molecule has 4 heteroatoms. The molecule has 1 aromatic rings. The predicted octanol–water partition coefficient (Wildman–Crippen LogP) is 2.48. The van der Waals surface area contributed by atoms with Gasteiger partial charge in [-0.15, -0.1) is 0 Å². The molecule has 3 nitrogen and oxygen atoms in total. The lowest BCUT2D eigenvalue weighted by atomic mass is 10.1. The van der Waals surface area contributed by atoms with E-state index in [-0.39, 0.29) is 11.9 Å². The van der Waals surface area contributed by atoms with E-state index in [1.165, 1.54) is 5.56 Å². The molecule has 0 radical (unpaired) electrons. The number of carbonyl (C=O) groups is 1. The molecule has 104 valence electrons. The van der Waals surface area contributed by atoms with Crippen LogP contribution in [-0.4, -0.2) is 36.5 Å². The minimum absolute atomic E-state index is 0.223. The van der Waals surface area contributed by atoms with Crippen molar-refractivity contribution in [2.24, 2.45) is 0 Å². The first kappa shape index (κ1) is 14.4. The molecule has 1 amide bonds. The molecule has 1 unspecified atom stereocenters. The Morgan fingerprint density at radius 3 is 2.58 bits per heavy atom. The number of amides is 1. The van der Waals surface area contributed by atoms with Gasteiger partial charge in [0, 0.05) is 24.2 Å². The first-order chi connectivity index (χ1) is 9.15. The van der Waals surface area contributed by atoms with Crippen molar-refractivity contribution in [2.75, 3.05) is 19.6 Å². The van der Waals surface area contributed by atoms with Crippen LogP contribution in [0.25, 0.3) is 0 Å². The molecule has 1 aromatic carbocycles. The van der Waals surface area contributed by atoms with E-state index in [4.69, 9.17) is 11.6 Å². The van der Waals surface area contributed by atoms with E-state index in [0.717, 1.165) is 37.4 Å². The van der Waals surface area contributed by atoms with Crippen molar-refractivity contribution in [3.05, 3.63) is 34.9 Å². The zero-order valence-corrected chi connectivity index (χ0v) is 12.1. The predicted molar refractivity (Wildman–Crippen MR) is 78.4 cm³/mol. The monoisotopic (exact) mass is 280 g/mol. The summed E-state index contributed by atoms with van der Waals surface area (Å²) in [6, 6.07) is 8.15. The highest BCUT2D eigenvalue weighted by atomic mass is 35.5. The van der Waals surface area contributed by atoms with Gasteiger partial charge in [0.05, 0.1) is 6.54 Å². The zero-order valence-electron chi connectivity index (χ0n) is 11.4. The van der Waals surface area contributed by atoms with Crippen molar-refractivity contribution in [1.82, 2.24) is 10.2 Å². The fraction of sp³-hybridized carbons (Fsp3) is 0.533. The first-order valence-corrected chi connectivity index (χ1v) is 7.28. The number of hydrogen-bond acceptors (Lipinski definition) is 2. The van der Waals surface area contributed by atoms with E-state index in [1.807, 2.05) is 29.2 Å². The molecule has 19 heavy (non-hydrogen) atoms. The second kappa shape index (κ2) is 6.92. The summed E-state index contributed by atoms with van der Waals surface area (Å²) in [4.78, 5) is 13.8. The third-order valence-corrected chi connectivity index (χ3v) is 3.77. The second-order valence-electron chi connectivity index (χ2n) is 5.20. The number of benzene rings is 1. The molecule has 1 heterocycles. The van der Waals surface area contributed by atoms with Gasteiger partial charge in [-0.25, -0.2) is 0 Å². The Hall–Kier alpha value is -1.06. The van der Waals surface area contributed by atoms with Crippen molar-refractivity contribution in [3.63, 3.8) is 0 Å². The third-order valence-electron chi connectivity index (χ3n) is 3.52. The van der Waals surface area contributed by atoms with Gasteiger partial charge in [-0.1, -0.05) is 23.7 Å². The van der Waals surface area contributed by atoms with Crippen LogP contribution in [0.3, 0.4) is 0 Å². The molecule has 1 saturated heterocycles. The van der Waals surface area contributed by atoms with Crippen LogP contribution in [0.1, 0.15) is 25.3 Å². The largest absolute Gasteiger partial charge is 0.342 e. The van der Waals surface area contributed by atoms with Crippen molar-refractivity contribution in [2.45, 2.75) is 32.2 Å². The van der Waals surface area contributed by atoms with Gasteiger partial charge in [-0.3, -0.25) is 4.79 Å². The number of nitrogens with zero attached hydrogens (tertiary/aromatic N) is 1. The minimum atomic E-state index is 0.223. The summed E-state index contributed by atoms with van der Waals surface area (Å²) in [5.41, 5.74) is 1.23. The normalized spacial score (nSPS) is 16.6. The van der Waals surface area contributed by atoms with Crippen LogP contribution in [0.2, 0.25) is 5.02 Å². The van der Waals surface area contributed by atoms with Crippen LogP contribution in [-0.2, 0) is 11.2 Å². The van der Waals surface area contributed by atoms with Crippen molar-refractivity contribution in [1.29, 1.82) is 0 Å². The van der Waals surface area contributed by atoms with Gasteiger partial charge in [0.2, 0.25) is 5.91 Å². The Morgan fingerprint density at radius 2 is 1.95 bits per heavy atom. The molecular formula is C15H21ClN2O. The molecule has 0 spiro atoms. The van der Waals surface area contributed by atoms with Crippen LogP contribution < -0.4 is 5.32 Å². The van der Waals surface area contributed by atoms with Gasteiger partial charge < -0.3 is 10.2 Å². The van der Waals surface area contributed by atoms with Gasteiger partial charge in [-0.05, 0) is 43.9 Å². The molecule has 1 atom stereocenters. The molecule has 0 aromatic heterocycles. The molecule has 0 saturated carbocycles. The van der Waals surface area contributed by atoms with E-state index < -0.39 is 0 Å². The quantitative estimate of drug-likeness (QED) is 0.899. The number of rotatable bonds is 5. The molecule has 2 rings (SSSR count). The highest BCUT2D eigenvalue weighted by molar-refractivity contribution is 6.30. The van der Waals surface area contributed by atoms with E-state index in [9.17, 15) is 4.79 Å². The molecule has 1 aliphatic heterocycles. The summed E-state index contributed by atoms with van der Waals surface area (Å²) in [5, 5.41) is 4.06. The van der Waals surface area contributed by atoms with Crippen molar-refractivity contribution >= 4 is 17.5 Å². The summed E-state index contributed by atoms with van der Waals surface area (Å²) >= 11 is 5.86. The number of hydrogen-bond donors (Lipinski definition) is 1. The number of likely N-dealkylation sites (tertiary alicyclic amines) is 1. The Balaban J connectivity index is 1.73. The summed E-state index contributed by atoms with van der Waals surface area (Å²) in [7, 11) is 0. The van der Waals surface area contributed by atoms with Crippen molar-refractivity contribution < 1.29 is 4.79 Å². The lowest BCUT2D eigenvalue weighted by molar-refractivity contribution is -0.129. The lowest BCUT2D eigenvalue weighted by Gasteiger charge is -2.18. The van der Waals surface area contributed by atoms with Crippen LogP contribution in [0.15, 0.2) is 24.3 Å². The third kappa shape index (κ3) is 4.51. The second-order valence-corrected chi connectivity index (χ2v) is 5.64. The van der Waals surface area contributed by atoms with E-state index in [0.29, 0.717) is 6.54 Å². The fourth-order valence-corrected chi connectivity index (χ4v) is 2.51. The van der Waals surface area contributed by atoms with Gasteiger partial charge in [0.15, 0.2) is 0 Å². The zero-order chi connectivity index (χ0) is 13.7. The maximum absolute atomic E-state index is 11.9. The summed E-state index contributed by atoms with van der Waals surface area (Å²) in [6.07, 6.45) is 3.20. The Labute approximate surface area is 119 Å². The molecule has 0 aliphatic carbocycles. The van der Waals surface area contributed by atoms with Gasteiger partial charge in [-0.2, -0.15) is 0 Å². The van der Waals surface area contributed by atoms with Crippen molar-refractivity contribution in [3.8, 4) is 0 Å². The smallest absolute Gasteiger partial charge is 0.236 e. The average molecular weight is 281 g/mol. The van der Waals surface area contributed by atoms with Crippen LogP contribution in [0, 0.1) is 0 Å². The van der Waals surface area contributed by atoms with Crippen LogP contribution >= 0.6 is 11.6 Å². The Kier molecular flexibility index (Phi) is 5.23. The van der Waals surface area contributed by atoms with Crippen LogP contribution in [0.5, 0.6) is 0 Å². The average Bonchev–Trinajstić information content (AvgIpc) is 2.93. The Bertz CT molecular complexity index is 413. The Morgan fingerprint density at radius 1 is 1.32 bits per heavy atom. The van der Waals surface area contributed by atoms with E-state index in [1.54, 1.807) is 0 Å². The van der Waals surface area contributed by atoms with Gasteiger partial charge >= 0.3 is 0 Å². The SMILES string of the molecule is CC(Cc1ccc(Cl)cc1)NCC(=O)N1CCCC1. The lowest BCUT2D eigenvalue weighted by Crippen LogP contribution is -2.40. The molecule has 1 aliphatic rings. The highest BCUT2D eigenvalue weighted by Crippen LogP contribution is 2.11. The fourth-order valence-electron chi connectivity index (χ4n) is 2.39. The number of halogens is 1. The summed E-state index contributed by atoms with van der Waals surface area (Å²) in [6.45, 7) is 4.39. The minimum Gasteiger partial charge on any atom is -0.342 e. The molecular weight excluding hydrogens is 260 g/mol. The molecule has 1 N–H and O–H groups in total. The topological polar surface area (TPSA) is 32.3 Å². The van der Waals surface area contributed by atoms with E-state index >= 15 is 0 Å². The molecule has 0 bridgehead atoms. The standard InChI is InChI=1S/C15H21ClN2O/c1-12(10-13-4-6-14(16)7-5-13)17-11-15(19)18-8-2-3-9-18/h4-7,12,17H,2-3,8-11H2,1H3.